The fourth-order valence-corrected chi connectivity index (χ4v) is 3.99. The van der Waals surface area contributed by atoms with Gasteiger partial charge in [-0.25, -0.2) is 0 Å². The maximum Gasteiger partial charge on any atom is 0.262 e. The van der Waals surface area contributed by atoms with Crippen LogP contribution in [0.4, 0.5) is 0 Å². The summed E-state index contributed by atoms with van der Waals surface area (Å²) in [7, 11) is 0. The number of para-hydroxylation sites is 1. The number of rotatable bonds is 6. The average molecular weight is 382 g/mol. The molecular formula is C18H18N6O2S. The van der Waals surface area contributed by atoms with Crippen LogP contribution in [0.1, 0.15) is 43.8 Å². The molecule has 0 bridgehead atoms. The first-order valence-electron chi connectivity index (χ1n) is 9.08. The maximum absolute atomic E-state index is 12.8. The van der Waals surface area contributed by atoms with Crippen molar-refractivity contribution in [1.29, 1.82) is 0 Å². The van der Waals surface area contributed by atoms with Crippen molar-refractivity contribution < 1.29 is 4.52 Å². The number of hydrogen-bond donors (Lipinski definition) is 0. The van der Waals surface area contributed by atoms with Gasteiger partial charge in [0.05, 0.1) is 16.7 Å². The molecule has 1 fully saturated rings. The molecule has 0 N–H and O–H groups in total. The average Bonchev–Trinajstić information content (AvgIpc) is 3.28. The summed E-state index contributed by atoms with van der Waals surface area (Å²) in [5, 5.41) is 14.1. The van der Waals surface area contributed by atoms with Crippen LogP contribution < -0.4 is 5.56 Å². The van der Waals surface area contributed by atoms with Crippen LogP contribution in [0, 0.1) is 0 Å². The molecule has 3 heterocycles. The lowest BCUT2D eigenvalue weighted by atomic mass is 10.2. The molecule has 27 heavy (non-hydrogen) atoms. The van der Waals surface area contributed by atoms with Crippen molar-refractivity contribution in [2.45, 2.75) is 49.6 Å². The van der Waals surface area contributed by atoms with Gasteiger partial charge in [-0.1, -0.05) is 36.0 Å². The minimum absolute atomic E-state index is 0.0313. The van der Waals surface area contributed by atoms with Crippen molar-refractivity contribution in [2.75, 3.05) is 0 Å². The third-order valence-electron chi connectivity index (χ3n) is 4.67. The molecule has 0 saturated heterocycles. The van der Waals surface area contributed by atoms with Crippen molar-refractivity contribution >= 4 is 28.4 Å². The second-order valence-corrected chi connectivity index (χ2v) is 7.65. The standard InChI is InChI=1S/C18H18N6O2S/c1-2-9-23-16(25)12-5-3-4-6-13(12)24-17(23)20-21-18(24)27-10-14-19-15(26-22-14)11-7-8-11/h3-6,11H,2,7-10H2,1H3. The van der Waals surface area contributed by atoms with Gasteiger partial charge in [-0.15, -0.1) is 10.2 Å². The Balaban J connectivity index is 1.56. The number of aryl methyl sites for hydroxylation is 1. The van der Waals surface area contributed by atoms with Crippen molar-refractivity contribution in [3.8, 4) is 0 Å². The van der Waals surface area contributed by atoms with E-state index in [1.165, 1.54) is 11.8 Å². The first-order valence-corrected chi connectivity index (χ1v) is 10.1. The summed E-state index contributed by atoms with van der Waals surface area (Å²) in [5.74, 6) is 2.94. The Morgan fingerprint density at radius 1 is 1.26 bits per heavy atom. The number of nitrogens with zero attached hydrogens (tertiary/aromatic N) is 6. The highest BCUT2D eigenvalue weighted by molar-refractivity contribution is 7.98. The first kappa shape index (κ1) is 16.5. The number of aromatic nitrogens is 6. The molecule has 0 aliphatic heterocycles. The smallest absolute Gasteiger partial charge is 0.262 e. The third-order valence-corrected chi connectivity index (χ3v) is 5.59. The van der Waals surface area contributed by atoms with E-state index >= 15 is 0 Å². The molecule has 8 nitrogen and oxygen atoms in total. The zero-order chi connectivity index (χ0) is 18.4. The Morgan fingerprint density at radius 3 is 2.93 bits per heavy atom. The summed E-state index contributed by atoms with van der Waals surface area (Å²) in [4.78, 5) is 17.3. The molecule has 1 aliphatic rings. The van der Waals surface area contributed by atoms with E-state index < -0.39 is 0 Å². The lowest BCUT2D eigenvalue weighted by Crippen LogP contribution is -2.23. The molecule has 4 aromatic rings. The van der Waals surface area contributed by atoms with Crippen molar-refractivity contribution in [3.63, 3.8) is 0 Å². The van der Waals surface area contributed by atoms with E-state index in [0.29, 0.717) is 40.4 Å². The normalized spacial score (nSPS) is 14.4. The van der Waals surface area contributed by atoms with Gasteiger partial charge in [0.2, 0.25) is 11.7 Å². The van der Waals surface area contributed by atoms with E-state index in [9.17, 15) is 4.79 Å². The molecule has 0 spiro atoms. The Labute approximate surface area is 158 Å². The summed E-state index contributed by atoms with van der Waals surface area (Å²) in [6.07, 6.45) is 3.10. The van der Waals surface area contributed by atoms with Gasteiger partial charge in [0.25, 0.3) is 5.56 Å². The monoisotopic (exact) mass is 382 g/mol. The van der Waals surface area contributed by atoms with Crippen LogP contribution in [0.2, 0.25) is 0 Å². The molecule has 0 unspecified atom stereocenters. The van der Waals surface area contributed by atoms with E-state index in [4.69, 9.17) is 4.52 Å². The fraction of sp³-hybridized carbons (Fsp3) is 0.389. The van der Waals surface area contributed by atoms with Gasteiger partial charge >= 0.3 is 0 Å². The van der Waals surface area contributed by atoms with Gasteiger partial charge in [0, 0.05) is 12.5 Å². The molecule has 9 heteroatoms. The zero-order valence-corrected chi connectivity index (χ0v) is 15.6. The fourth-order valence-electron chi connectivity index (χ4n) is 3.20. The van der Waals surface area contributed by atoms with E-state index in [-0.39, 0.29) is 5.56 Å². The van der Waals surface area contributed by atoms with E-state index in [2.05, 4.69) is 20.3 Å². The summed E-state index contributed by atoms with van der Waals surface area (Å²) >= 11 is 1.49. The van der Waals surface area contributed by atoms with Crippen LogP contribution in [-0.2, 0) is 12.3 Å². The number of benzene rings is 1. The van der Waals surface area contributed by atoms with E-state index in [1.54, 1.807) is 4.57 Å². The second kappa shape index (κ2) is 6.49. The number of fused-ring (bicyclic) bond motifs is 3. The lowest BCUT2D eigenvalue weighted by Gasteiger charge is -2.10. The summed E-state index contributed by atoms with van der Waals surface area (Å²) in [6.45, 7) is 2.64. The van der Waals surface area contributed by atoms with Crippen LogP contribution in [-0.4, -0.2) is 29.3 Å². The molecule has 1 aromatic carbocycles. The topological polar surface area (TPSA) is 91.1 Å². The van der Waals surface area contributed by atoms with Gasteiger partial charge in [-0.05, 0) is 31.4 Å². The van der Waals surface area contributed by atoms with Gasteiger partial charge in [0.15, 0.2) is 11.0 Å². The summed E-state index contributed by atoms with van der Waals surface area (Å²) < 4.78 is 8.96. The van der Waals surface area contributed by atoms with Gasteiger partial charge in [0.1, 0.15) is 0 Å². The minimum atomic E-state index is -0.0313. The predicted octanol–water partition coefficient (Wildman–Crippen LogP) is 3.01. The number of hydrogen-bond acceptors (Lipinski definition) is 7. The van der Waals surface area contributed by atoms with Crippen molar-refractivity contribution in [3.05, 3.63) is 46.3 Å². The Morgan fingerprint density at radius 2 is 2.11 bits per heavy atom. The van der Waals surface area contributed by atoms with E-state index in [1.807, 2.05) is 35.6 Å². The quantitative estimate of drug-likeness (QED) is 0.473. The van der Waals surface area contributed by atoms with Crippen molar-refractivity contribution in [1.82, 2.24) is 29.3 Å². The zero-order valence-electron chi connectivity index (χ0n) is 14.8. The predicted molar refractivity (Wildman–Crippen MR) is 101 cm³/mol. The molecule has 5 rings (SSSR count). The van der Waals surface area contributed by atoms with Crippen LogP contribution in [0.5, 0.6) is 0 Å². The van der Waals surface area contributed by atoms with Crippen LogP contribution >= 0.6 is 11.8 Å². The third kappa shape index (κ3) is 2.82. The SMILES string of the molecule is CCCn1c(=O)c2ccccc2n2c(SCc3noc(C4CC4)n3)nnc12. The first-order chi connectivity index (χ1) is 13.3. The Bertz CT molecular complexity index is 1190. The molecule has 1 saturated carbocycles. The van der Waals surface area contributed by atoms with Crippen LogP contribution in [0.3, 0.4) is 0 Å². The molecule has 0 radical (unpaired) electrons. The highest BCUT2D eigenvalue weighted by Crippen LogP contribution is 2.39. The van der Waals surface area contributed by atoms with Crippen molar-refractivity contribution in [2.24, 2.45) is 0 Å². The highest BCUT2D eigenvalue weighted by atomic mass is 32.2. The Hall–Kier alpha value is -2.68. The van der Waals surface area contributed by atoms with Gasteiger partial charge in [-0.2, -0.15) is 4.98 Å². The summed E-state index contributed by atoms with van der Waals surface area (Å²) in [6, 6.07) is 7.56. The largest absolute Gasteiger partial charge is 0.339 e. The Kier molecular flexibility index (Phi) is 3.96. The maximum atomic E-state index is 12.8. The molecule has 0 amide bonds. The highest BCUT2D eigenvalue weighted by Gasteiger charge is 2.29. The van der Waals surface area contributed by atoms with Crippen LogP contribution in [0.25, 0.3) is 16.7 Å². The lowest BCUT2D eigenvalue weighted by molar-refractivity contribution is 0.375. The second-order valence-electron chi connectivity index (χ2n) is 6.70. The van der Waals surface area contributed by atoms with Gasteiger partial charge < -0.3 is 4.52 Å². The summed E-state index contributed by atoms with van der Waals surface area (Å²) in [5.41, 5.74) is 0.778. The molecule has 0 atom stereocenters. The molecular weight excluding hydrogens is 364 g/mol. The molecule has 3 aromatic heterocycles. The minimum Gasteiger partial charge on any atom is -0.339 e. The molecule has 1 aliphatic carbocycles. The van der Waals surface area contributed by atoms with E-state index in [0.717, 1.165) is 30.7 Å². The van der Waals surface area contributed by atoms with Crippen LogP contribution in [0.15, 0.2) is 38.7 Å². The molecule has 138 valence electrons. The van der Waals surface area contributed by atoms with Gasteiger partial charge in [-0.3, -0.25) is 13.8 Å². The number of thioether (sulfide) groups is 1.